The van der Waals surface area contributed by atoms with E-state index >= 15 is 0 Å². The molecular weight excluding hydrogens is 490 g/mol. The number of rotatable bonds is 14. The van der Waals surface area contributed by atoms with Gasteiger partial charge in [-0.05, 0) is 62.6 Å². The highest BCUT2D eigenvalue weighted by atomic mass is 32.2. The Labute approximate surface area is 222 Å². The molecule has 1 saturated heterocycles. The molecule has 0 aliphatic carbocycles. The molecule has 0 saturated carbocycles. The molecule has 0 amide bonds. The summed E-state index contributed by atoms with van der Waals surface area (Å²) in [6, 6.07) is 7.16. The van der Waals surface area contributed by atoms with Gasteiger partial charge >= 0.3 is 6.01 Å². The molecule has 2 heterocycles. The standard InChI is InChI=1S/C27H43N5O4S/c1-6-21(16-30-37(33,34)19-20(4)5)22-9-10-26(32(7-2)24-11-13-35-14-12-24)25(15-22)31-23-17-28-27(29-18-23)36-8-3/h9-10,15,17-18,20-21,24,30-31H,6-8,11-14,16,19H2,1-5H3. The van der Waals surface area contributed by atoms with Gasteiger partial charge in [-0.15, -0.1) is 0 Å². The van der Waals surface area contributed by atoms with Crippen molar-refractivity contribution in [3.8, 4) is 6.01 Å². The van der Waals surface area contributed by atoms with Gasteiger partial charge in [0.2, 0.25) is 10.0 Å². The van der Waals surface area contributed by atoms with Crippen LogP contribution >= 0.6 is 0 Å². The lowest BCUT2D eigenvalue weighted by Gasteiger charge is -2.37. The van der Waals surface area contributed by atoms with Gasteiger partial charge in [-0.2, -0.15) is 0 Å². The van der Waals surface area contributed by atoms with E-state index in [1.165, 1.54) is 0 Å². The highest BCUT2D eigenvalue weighted by Crippen LogP contribution is 2.35. The van der Waals surface area contributed by atoms with Crippen LogP contribution in [0.3, 0.4) is 0 Å². The van der Waals surface area contributed by atoms with E-state index in [1.54, 1.807) is 12.4 Å². The van der Waals surface area contributed by atoms with Crippen LogP contribution in [0.5, 0.6) is 6.01 Å². The monoisotopic (exact) mass is 533 g/mol. The maximum Gasteiger partial charge on any atom is 0.316 e. The van der Waals surface area contributed by atoms with Crippen LogP contribution in [-0.4, -0.2) is 63.1 Å². The maximum atomic E-state index is 12.5. The van der Waals surface area contributed by atoms with Crippen LogP contribution in [0.15, 0.2) is 30.6 Å². The fourth-order valence-electron chi connectivity index (χ4n) is 4.74. The first-order valence-electron chi connectivity index (χ1n) is 13.4. The zero-order valence-corrected chi connectivity index (χ0v) is 23.7. The lowest BCUT2D eigenvalue weighted by molar-refractivity contribution is 0.0846. The third kappa shape index (κ3) is 8.55. The third-order valence-corrected chi connectivity index (χ3v) is 8.26. The zero-order chi connectivity index (χ0) is 26.8. The van der Waals surface area contributed by atoms with Gasteiger partial charge in [0, 0.05) is 32.3 Å². The molecule has 10 heteroatoms. The predicted octanol–water partition coefficient (Wildman–Crippen LogP) is 4.69. The van der Waals surface area contributed by atoms with Gasteiger partial charge in [0.15, 0.2) is 0 Å². The smallest absolute Gasteiger partial charge is 0.316 e. The third-order valence-electron chi connectivity index (χ3n) is 6.55. The maximum absolute atomic E-state index is 12.5. The Morgan fingerprint density at radius 2 is 1.84 bits per heavy atom. The molecule has 1 fully saturated rings. The van der Waals surface area contributed by atoms with Crippen LogP contribution in [0.25, 0.3) is 0 Å². The molecule has 206 valence electrons. The Morgan fingerprint density at radius 3 is 2.43 bits per heavy atom. The second-order valence-electron chi connectivity index (χ2n) is 9.85. The molecular formula is C27H43N5O4S. The molecule has 37 heavy (non-hydrogen) atoms. The predicted molar refractivity (Wildman–Crippen MR) is 149 cm³/mol. The number of benzene rings is 1. The van der Waals surface area contributed by atoms with E-state index in [1.807, 2.05) is 20.8 Å². The number of aromatic nitrogens is 2. The molecule has 1 aromatic heterocycles. The summed E-state index contributed by atoms with van der Waals surface area (Å²) in [5.74, 6) is 0.254. The quantitative estimate of drug-likeness (QED) is 0.360. The van der Waals surface area contributed by atoms with Crippen LogP contribution in [-0.2, 0) is 14.8 Å². The van der Waals surface area contributed by atoms with Crippen LogP contribution < -0.4 is 19.7 Å². The van der Waals surface area contributed by atoms with Crippen molar-refractivity contribution in [2.24, 2.45) is 5.92 Å². The van der Waals surface area contributed by atoms with Crippen LogP contribution in [0.2, 0.25) is 0 Å². The second kappa shape index (κ2) is 13.9. The van der Waals surface area contributed by atoms with Gasteiger partial charge in [-0.3, -0.25) is 0 Å². The summed E-state index contributed by atoms with van der Waals surface area (Å²) in [7, 11) is -3.32. The minimum Gasteiger partial charge on any atom is -0.464 e. The average molecular weight is 534 g/mol. The second-order valence-corrected chi connectivity index (χ2v) is 11.7. The van der Waals surface area contributed by atoms with Crippen LogP contribution in [0.4, 0.5) is 17.1 Å². The summed E-state index contributed by atoms with van der Waals surface area (Å²) in [6.45, 7) is 13.3. The minimum absolute atomic E-state index is 0.0475. The normalized spacial score (nSPS) is 15.5. The number of ether oxygens (including phenoxy) is 2. The van der Waals surface area contributed by atoms with E-state index in [4.69, 9.17) is 9.47 Å². The van der Waals surface area contributed by atoms with Crippen LogP contribution in [0.1, 0.15) is 65.4 Å². The average Bonchev–Trinajstić information content (AvgIpc) is 2.87. The number of hydrogen-bond acceptors (Lipinski definition) is 8. The fourth-order valence-corrected chi connectivity index (χ4v) is 6.19. The van der Waals surface area contributed by atoms with E-state index in [0.717, 1.165) is 61.6 Å². The molecule has 0 bridgehead atoms. The summed E-state index contributed by atoms with van der Waals surface area (Å²) in [5, 5.41) is 3.52. The number of sulfonamides is 1. The summed E-state index contributed by atoms with van der Waals surface area (Å²) < 4.78 is 38.7. The van der Waals surface area contributed by atoms with Crippen molar-refractivity contribution in [1.82, 2.24) is 14.7 Å². The van der Waals surface area contributed by atoms with Gasteiger partial charge < -0.3 is 19.7 Å². The number of hydrogen-bond donors (Lipinski definition) is 2. The van der Waals surface area contributed by atoms with Gasteiger partial charge in [0.05, 0.1) is 41.8 Å². The van der Waals surface area contributed by atoms with Crippen molar-refractivity contribution in [3.63, 3.8) is 0 Å². The Morgan fingerprint density at radius 1 is 1.14 bits per heavy atom. The molecule has 2 N–H and O–H groups in total. The van der Waals surface area contributed by atoms with E-state index < -0.39 is 10.0 Å². The van der Waals surface area contributed by atoms with E-state index in [9.17, 15) is 8.42 Å². The molecule has 1 aromatic carbocycles. The molecule has 1 aliphatic heterocycles. The topological polar surface area (TPSA) is 106 Å². The molecule has 2 aromatic rings. The van der Waals surface area contributed by atoms with Crippen molar-refractivity contribution >= 4 is 27.1 Å². The summed E-state index contributed by atoms with van der Waals surface area (Å²) >= 11 is 0. The first-order chi connectivity index (χ1) is 17.8. The van der Waals surface area contributed by atoms with Crippen molar-refractivity contribution < 1.29 is 17.9 Å². The Kier molecular flexibility index (Phi) is 11.0. The van der Waals surface area contributed by atoms with Crippen molar-refractivity contribution in [2.75, 3.05) is 48.9 Å². The fraction of sp³-hybridized carbons (Fsp3) is 0.630. The molecule has 1 atom stereocenters. The molecule has 1 aliphatic rings. The largest absolute Gasteiger partial charge is 0.464 e. The first kappa shape index (κ1) is 29.1. The molecule has 3 rings (SSSR count). The van der Waals surface area contributed by atoms with Gasteiger partial charge in [-0.1, -0.05) is 26.8 Å². The molecule has 0 spiro atoms. The highest BCUT2D eigenvalue weighted by Gasteiger charge is 2.24. The van der Waals surface area contributed by atoms with Crippen molar-refractivity contribution in [3.05, 3.63) is 36.2 Å². The Balaban J connectivity index is 1.91. The van der Waals surface area contributed by atoms with Crippen molar-refractivity contribution in [2.45, 2.75) is 65.8 Å². The number of nitrogens with one attached hydrogen (secondary N) is 2. The molecule has 0 radical (unpaired) electrons. The van der Waals surface area contributed by atoms with E-state index in [2.05, 4.69) is 57.0 Å². The Hall–Kier alpha value is -2.43. The number of anilines is 3. The first-order valence-corrected chi connectivity index (χ1v) is 15.1. The summed E-state index contributed by atoms with van der Waals surface area (Å²) in [5.41, 5.74) is 3.89. The lowest BCUT2D eigenvalue weighted by atomic mass is 9.95. The summed E-state index contributed by atoms with van der Waals surface area (Å²) in [4.78, 5) is 11.0. The molecule has 9 nitrogen and oxygen atoms in total. The van der Waals surface area contributed by atoms with E-state index in [0.29, 0.717) is 25.2 Å². The molecule has 1 unspecified atom stereocenters. The SMILES string of the molecule is CCOc1ncc(Nc2cc(C(CC)CNS(=O)(=O)CC(C)C)ccc2N(CC)C2CCOCC2)cn1. The van der Waals surface area contributed by atoms with Gasteiger partial charge in [0.1, 0.15) is 0 Å². The number of nitrogens with zero attached hydrogens (tertiary/aromatic N) is 3. The minimum atomic E-state index is -3.32. The summed E-state index contributed by atoms with van der Waals surface area (Å²) in [6.07, 6.45) is 6.21. The lowest BCUT2D eigenvalue weighted by Crippen LogP contribution is -2.39. The van der Waals surface area contributed by atoms with E-state index in [-0.39, 0.29) is 17.6 Å². The van der Waals surface area contributed by atoms with Gasteiger partial charge in [-0.25, -0.2) is 23.1 Å². The van der Waals surface area contributed by atoms with Crippen LogP contribution in [0, 0.1) is 5.92 Å². The Bertz CT molecular complexity index is 1070. The highest BCUT2D eigenvalue weighted by molar-refractivity contribution is 7.89. The van der Waals surface area contributed by atoms with Crippen molar-refractivity contribution in [1.29, 1.82) is 0 Å². The van der Waals surface area contributed by atoms with Gasteiger partial charge in [0.25, 0.3) is 0 Å². The zero-order valence-electron chi connectivity index (χ0n) is 22.9.